The van der Waals surface area contributed by atoms with E-state index in [2.05, 4.69) is 6.07 Å². The zero-order valence-electron chi connectivity index (χ0n) is 8.26. The molecule has 1 aliphatic rings. The molecule has 1 rings (SSSR count). The molecule has 1 N–H and O–H groups in total. The first-order valence-electron chi connectivity index (χ1n) is 5.35. The number of aliphatic hydroxyl groups is 1. The minimum absolute atomic E-state index is 0.160. The maximum absolute atomic E-state index is 9.13. The van der Waals surface area contributed by atoms with E-state index in [-0.39, 0.29) is 12.0 Å². The second-order valence-corrected chi connectivity index (χ2v) is 4.13. The summed E-state index contributed by atoms with van der Waals surface area (Å²) < 4.78 is 0. The predicted octanol–water partition coefficient (Wildman–Crippen LogP) is 2.62. The first kappa shape index (κ1) is 10.5. The second-order valence-electron chi connectivity index (χ2n) is 4.13. The van der Waals surface area contributed by atoms with Gasteiger partial charge in [0.05, 0.1) is 11.5 Å². The van der Waals surface area contributed by atoms with Crippen molar-refractivity contribution in [3.05, 3.63) is 0 Å². The molecule has 1 fully saturated rings. The minimum atomic E-state index is -0.199. The number of aliphatic hydroxyl groups excluding tert-OH is 1. The Labute approximate surface area is 80.6 Å². The highest BCUT2D eigenvalue weighted by Crippen LogP contribution is 2.36. The van der Waals surface area contributed by atoms with Crippen LogP contribution in [-0.4, -0.2) is 11.7 Å². The lowest BCUT2D eigenvalue weighted by Crippen LogP contribution is -2.21. The van der Waals surface area contributed by atoms with Crippen LogP contribution in [0.2, 0.25) is 0 Å². The quantitative estimate of drug-likeness (QED) is 0.711. The lowest BCUT2D eigenvalue weighted by molar-refractivity contribution is 0.192. The van der Waals surface area contributed by atoms with Crippen LogP contribution >= 0.6 is 0 Å². The molecule has 0 aromatic carbocycles. The van der Waals surface area contributed by atoms with Gasteiger partial charge in [-0.2, -0.15) is 5.26 Å². The molecule has 13 heavy (non-hydrogen) atoms. The molecule has 2 heteroatoms. The van der Waals surface area contributed by atoms with Crippen molar-refractivity contribution in [1.82, 2.24) is 0 Å². The van der Waals surface area contributed by atoms with Gasteiger partial charge in [0, 0.05) is 6.61 Å². The van der Waals surface area contributed by atoms with Gasteiger partial charge in [-0.05, 0) is 19.3 Å². The summed E-state index contributed by atoms with van der Waals surface area (Å²) in [6.07, 6.45) is 8.81. The van der Waals surface area contributed by atoms with Gasteiger partial charge in [0.2, 0.25) is 0 Å². The zero-order valence-corrected chi connectivity index (χ0v) is 8.26. The molecule has 0 saturated heterocycles. The van der Waals surface area contributed by atoms with Gasteiger partial charge in [0.15, 0.2) is 0 Å². The largest absolute Gasteiger partial charge is 0.396 e. The Bertz CT molecular complexity index is 175. The van der Waals surface area contributed by atoms with Gasteiger partial charge in [-0.1, -0.05) is 32.1 Å². The third-order valence-corrected chi connectivity index (χ3v) is 3.14. The summed E-state index contributed by atoms with van der Waals surface area (Å²) >= 11 is 0. The molecule has 1 saturated carbocycles. The van der Waals surface area contributed by atoms with E-state index in [1.165, 1.54) is 19.3 Å². The van der Waals surface area contributed by atoms with Gasteiger partial charge in [0.25, 0.3) is 0 Å². The van der Waals surface area contributed by atoms with Crippen LogP contribution in [0.5, 0.6) is 0 Å². The first-order valence-corrected chi connectivity index (χ1v) is 5.35. The van der Waals surface area contributed by atoms with E-state index < -0.39 is 0 Å². The molecular weight excluding hydrogens is 162 g/mol. The topological polar surface area (TPSA) is 44.0 Å². The van der Waals surface area contributed by atoms with E-state index >= 15 is 0 Å². The Morgan fingerprint density at radius 2 is 1.62 bits per heavy atom. The van der Waals surface area contributed by atoms with Crippen molar-refractivity contribution in [2.24, 2.45) is 5.41 Å². The van der Waals surface area contributed by atoms with Gasteiger partial charge >= 0.3 is 0 Å². The van der Waals surface area contributed by atoms with E-state index in [1.807, 2.05) is 0 Å². The molecular formula is C11H19NO. The van der Waals surface area contributed by atoms with Crippen LogP contribution in [0.25, 0.3) is 0 Å². The van der Waals surface area contributed by atoms with Crippen LogP contribution in [0.15, 0.2) is 0 Å². The maximum Gasteiger partial charge on any atom is 0.0690 e. The minimum Gasteiger partial charge on any atom is -0.396 e. The number of nitrogens with zero attached hydrogens (tertiary/aromatic N) is 1. The number of nitriles is 1. The SMILES string of the molecule is N#CC1(CCO)CCCCCCC1. The lowest BCUT2D eigenvalue weighted by atomic mass is 9.75. The van der Waals surface area contributed by atoms with E-state index in [4.69, 9.17) is 10.4 Å². The molecule has 0 spiro atoms. The smallest absolute Gasteiger partial charge is 0.0690 e. The highest BCUT2D eigenvalue weighted by Gasteiger charge is 2.29. The Kier molecular flexibility index (Phi) is 4.24. The molecule has 0 atom stereocenters. The predicted molar refractivity (Wildman–Crippen MR) is 52.1 cm³/mol. The van der Waals surface area contributed by atoms with E-state index in [0.717, 1.165) is 25.7 Å². The van der Waals surface area contributed by atoms with Crippen LogP contribution in [0.3, 0.4) is 0 Å². The van der Waals surface area contributed by atoms with Gasteiger partial charge in [-0.25, -0.2) is 0 Å². The van der Waals surface area contributed by atoms with Crippen LogP contribution in [0.4, 0.5) is 0 Å². The standard InChI is InChI=1S/C11H19NO/c12-10-11(8-9-13)6-4-2-1-3-5-7-11/h13H,1-9H2. The molecule has 0 aromatic rings. The molecule has 0 amide bonds. The highest BCUT2D eigenvalue weighted by molar-refractivity contribution is 4.98. The van der Waals surface area contributed by atoms with Gasteiger partial charge < -0.3 is 5.11 Å². The Morgan fingerprint density at radius 1 is 1.08 bits per heavy atom. The van der Waals surface area contributed by atoms with Crippen LogP contribution in [-0.2, 0) is 0 Å². The van der Waals surface area contributed by atoms with Crippen molar-refractivity contribution in [1.29, 1.82) is 5.26 Å². The fraction of sp³-hybridized carbons (Fsp3) is 0.909. The van der Waals surface area contributed by atoms with Crippen molar-refractivity contribution in [2.45, 2.75) is 51.4 Å². The molecule has 74 valence electrons. The normalized spacial score (nSPS) is 22.8. The average Bonchev–Trinajstić information content (AvgIpc) is 2.10. The molecule has 0 bridgehead atoms. The van der Waals surface area contributed by atoms with E-state index in [9.17, 15) is 0 Å². The number of hydrogen-bond donors (Lipinski definition) is 1. The zero-order chi connectivity index (χ0) is 9.57. The molecule has 1 aliphatic carbocycles. The summed E-state index contributed by atoms with van der Waals surface area (Å²) in [5.41, 5.74) is -0.199. The summed E-state index contributed by atoms with van der Waals surface area (Å²) in [6.45, 7) is 0.160. The van der Waals surface area contributed by atoms with Crippen LogP contribution in [0, 0.1) is 16.7 Å². The third-order valence-electron chi connectivity index (χ3n) is 3.14. The van der Waals surface area contributed by atoms with Crippen molar-refractivity contribution >= 4 is 0 Å². The van der Waals surface area contributed by atoms with Crippen LogP contribution < -0.4 is 0 Å². The summed E-state index contributed by atoms with van der Waals surface area (Å²) in [7, 11) is 0. The molecule has 2 nitrogen and oxygen atoms in total. The van der Waals surface area contributed by atoms with Gasteiger partial charge in [-0.3, -0.25) is 0 Å². The van der Waals surface area contributed by atoms with Crippen molar-refractivity contribution in [3.63, 3.8) is 0 Å². The molecule has 0 aliphatic heterocycles. The molecule has 0 heterocycles. The highest BCUT2D eigenvalue weighted by atomic mass is 16.3. The van der Waals surface area contributed by atoms with Crippen molar-refractivity contribution in [2.75, 3.05) is 6.61 Å². The average molecular weight is 181 g/mol. The van der Waals surface area contributed by atoms with E-state index in [1.54, 1.807) is 0 Å². The Morgan fingerprint density at radius 3 is 2.08 bits per heavy atom. The Hall–Kier alpha value is -0.550. The lowest BCUT2D eigenvalue weighted by Gasteiger charge is -2.27. The second kappa shape index (κ2) is 5.24. The number of hydrogen-bond acceptors (Lipinski definition) is 2. The summed E-state index contributed by atoms with van der Waals surface area (Å²) in [5, 5.41) is 18.1. The number of rotatable bonds is 2. The summed E-state index contributed by atoms with van der Waals surface area (Å²) in [4.78, 5) is 0. The van der Waals surface area contributed by atoms with Gasteiger partial charge in [0.1, 0.15) is 0 Å². The van der Waals surface area contributed by atoms with Crippen molar-refractivity contribution in [3.8, 4) is 6.07 Å². The first-order chi connectivity index (χ1) is 6.33. The summed E-state index contributed by atoms with van der Waals surface area (Å²) in [5.74, 6) is 0. The fourth-order valence-electron chi connectivity index (χ4n) is 2.21. The monoisotopic (exact) mass is 181 g/mol. The molecule has 0 radical (unpaired) electrons. The third kappa shape index (κ3) is 3.00. The van der Waals surface area contributed by atoms with Crippen molar-refractivity contribution < 1.29 is 5.11 Å². The fourth-order valence-corrected chi connectivity index (χ4v) is 2.21. The Balaban J connectivity index is 2.54. The molecule has 0 aromatic heterocycles. The maximum atomic E-state index is 9.13. The molecule has 0 unspecified atom stereocenters. The van der Waals surface area contributed by atoms with E-state index in [0.29, 0.717) is 6.42 Å². The van der Waals surface area contributed by atoms with Crippen LogP contribution in [0.1, 0.15) is 51.4 Å². The summed E-state index contributed by atoms with van der Waals surface area (Å²) in [6, 6.07) is 2.43. The van der Waals surface area contributed by atoms with Gasteiger partial charge in [-0.15, -0.1) is 0 Å².